The summed E-state index contributed by atoms with van der Waals surface area (Å²) in [7, 11) is 0. The summed E-state index contributed by atoms with van der Waals surface area (Å²) in [5.41, 5.74) is 7.46. The van der Waals surface area contributed by atoms with Crippen LogP contribution in [0.25, 0.3) is 61.7 Å². The average Bonchev–Trinajstić information content (AvgIpc) is 3.32. The van der Waals surface area contributed by atoms with Crippen molar-refractivity contribution < 1.29 is 0 Å². The van der Waals surface area contributed by atoms with E-state index in [0.717, 1.165) is 27.9 Å². The fourth-order valence-corrected chi connectivity index (χ4v) is 5.16. The molecule has 180 valence electrons. The van der Waals surface area contributed by atoms with E-state index in [-0.39, 0.29) is 0 Å². The van der Waals surface area contributed by atoms with E-state index in [1.807, 2.05) is 60.7 Å². The Labute approximate surface area is 220 Å². The largest absolute Gasteiger partial charge is 0.309 e. The molecule has 0 aliphatic carbocycles. The van der Waals surface area contributed by atoms with Crippen LogP contribution < -0.4 is 0 Å². The van der Waals surface area contributed by atoms with Crippen molar-refractivity contribution in [3.8, 4) is 39.9 Å². The lowest BCUT2D eigenvalue weighted by molar-refractivity contribution is 1.07. The second-order valence-corrected chi connectivity index (χ2v) is 9.47. The maximum absolute atomic E-state index is 4.96. The first kappa shape index (κ1) is 22.1. The second kappa shape index (κ2) is 9.09. The van der Waals surface area contributed by atoms with E-state index < -0.39 is 0 Å². The molecule has 0 aliphatic rings. The van der Waals surface area contributed by atoms with Gasteiger partial charge in [0.05, 0.1) is 11.0 Å². The van der Waals surface area contributed by atoms with Gasteiger partial charge in [-0.3, -0.25) is 0 Å². The molecule has 0 fully saturated rings. The third-order valence-corrected chi connectivity index (χ3v) is 6.86. The lowest BCUT2D eigenvalue weighted by atomic mass is 10.1. The molecule has 0 saturated carbocycles. The summed E-state index contributed by atoms with van der Waals surface area (Å²) in [6.07, 6.45) is 0. The molecule has 7 rings (SSSR count). The van der Waals surface area contributed by atoms with Crippen LogP contribution in [0.1, 0.15) is 5.56 Å². The smallest absolute Gasteiger partial charge is 0.164 e. The van der Waals surface area contributed by atoms with Crippen molar-refractivity contribution in [2.45, 2.75) is 6.92 Å². The van der Waals surface area contributed by atoms with E-state index in [0.29, 0.717) is 17.5 Å². The highest BCUT2D eigenvalue weighted by Crippen LogP contribution is 2.34. The van der Waals surface area contributed by atoms with Gasteiger partial charge in [0.1, 0.15) is 0 Å². The van der Waals surface area contributed by atoms with Gasteiger partial charge in [-0.05, 0) is 42.8 Å². The minimum atomic E-state index is 0.656. The summed E-state index contributed by atoms with van der Waals surface area (Å²) >= 11 is 0. The first-order valence-electron chi connectivity index (χ1n) is 12.7. The Balaban J connectivity index is 1.46. The summed E-state index contributed by atoms with van der Waals surface area (Å²) in [5.74, 6) is 1.98. The molecule has 4 heteroatoms. The highest BCUT2D eigenvalue weighted by molar-refractivity contribution is 6.09. The number of fused-ring (bicyclic) bond motifs is 3. The number of benzene rings is 5. The van der Waals surface area contributed by atoms with Gasteiger partial charge in [-0.15, -0.1) is 0 Å². The molecule has 0 spiro atoms. The molecule has 0 N–H and O–H groups in total. The van der Waals surface area contributed by atoms with E-state index in [1.54, 1.807) is 0 Å². The molecule has 7 aromatic rings. The lowest BCUT2D eigenvalue weighted by Gasteiger charge is -2.13. The molecular weight excluding hydrogens is 464 g/mol. The van der Waals surface area contributed by atoms with Crippen LogP contribution in [0.4, 0.5) is 0 Å². The fourth-order valence-electron chi connectivity index (χ4n) is 5.16. The third-order valence-electron chi connectivity index (χ3n) is 6.86. The highest BCUT2D eigenvalue weighted by atomic mass is 15.0. The zero-order chi connectivity index (χ0) is 25.5. The number of nitrogens with zero attached hydrogens (tertiary/aromatic N) is 4. The van der Waals surface area contributed by atoms with Crippen molar-refractivity contribution in [1.82, 2.24) is 19.5 Å². The Kier molecular flexibility index (Phi) is 5.30. The molecule has 0 aliphatic heterocycles. The number of aromatic nitrogens is 4. The predicted octanol–water partition coefficient (Wildman–Crippen LogP) is 8.28. The van der Waals surface area contributed by atoms with Crippen LogP contribution in [0.15, 0.2) is 127 Å². The van der Waals surface area contributed by atoms with Crippen LogP contribution in [-0.2, 0) is 0 Å². The quantitative estimate of drug-likeness (QED) is 0.250. The topological polar surface area (TPSA) is 43.6 Å². The molecule has 5 aromatic carbocycles. The van der Waals surface area contributed by atoms with Gasteiger partial charge in [0.25, 0.3) is 0 Å². The zero-order valence-electron chi connectivity index (χ0n) is 20.9. The SMILES string of the molecule is Cc1cc(-c2nc(-c3ccccc3)nc(-c3ccccc3)n2)cc(-n2c3ccccc3c3ccccc32)c1. The molecule has 2 heterocycles. The Hall–Kier alpha value is -5.09. The van der Waals surface area contributed by atoms with Crippen molar-refractivity contribution in [3.63, 3.8) is 0 Å². The summed E-state index contributed by atoms with van der Waals surface area (Å²) < 4.78 is 2.33. The van der Waals surface area contributed by atoms with Gasteiger partial charge in [0, 0.05) is 33.2 Å². The first-order chi connectivity index (χ1) is 18.7. The van der Waals surface area contributed by atoms with Gasteiger partial charge in [-0.2, -0.15) is 0 Å². The Morgan fingerprint density at radius 1 is 0.447 bits per heavy atom. The van der Waals surface area contributed by atoms with E-state index in [2.05, 4.69) is 78.2 Å². The molecule has 0 atom stereocenters. The van der Waals surface area contributed by atoms with E-state index in [4.69, 9.17) is 15.0 Å². The van der Waals surface area contributed by atoms with Crippen molar-refractivity contribution in [1.29, 1.82) is 0 Å². The molecule has 2 aromatic heterocycles. The van der Waals surface area contributed by atoms with E-state index in [1.165, 1.54) is 21.8 Å². The Morgan fingerprint density at radius 2 is 0.895 bits per heavy atom. The number of aryl methyl sites for hydroxylation is 1. The molecule has 0 radical (unpaired) electrons. The molecule has 0 unspecified atom stereocenters. The van der Waals surface area contributed by atoms with Crippen molar-refractivity contribution >= 4 is 21.8 Å². The van der Waals surface area contributed by atoms with Gasteiger partial charge in [0.2, 0.25) is 0 Å². The Bertz CT molecular complexity index is 1810. The van der Waals surface area contributed by atoms with Gasteiger partial charge >= 0.3 is 0 Å². The fraction of sp³-hybridized carbons (Fsp3) is 0.0294. The minimum Gasteiger partial charge on any atom is -0.309 e. The second-order valence-electron chi connectivity index (χ2n) is 9.47. The molecule has 0 bridgehead atoms. The lowest BCUT2D eigenvalue weighted by Crippen LogP contribution is -2.01. The molecule has 38 heavy (non-hydrogen) atoms. The number of hydrogen-bond donors (Lipinski definition) is 0. The summed E-state index contributed by atoms with van der Waals surface area (Å²) in [6, 6.07) is 43.9. The average molecular weight is 489 g/mol. The number of hydrogen-bond acceptors (Lipinski definition) is 3. The number of para-hydroxylation sites is 2. The van der Waals surface area contributed by atoms with Gasteiger partial charge in [-0.1, -0.05) is 97.1 Å². The van der Waals surface area contributed by atoms with E-state index >= 15 is 0 Å². The van der Waals surface area contributed by atoms with Crippen molar-refractivity contribution in [2.24, 2.45) is 0 Å². The van der Waals surface area contributed by atoms with Gasteiger partial charge in [-0.25, -0.2) is 15.0 Å². The van der Waals surface area contributed by atoms with Gasteiger partial charge in [0.15, 0.2) is 17.5 Å². The third kappa shape index (κ3) is 3.84. The monoisotopic (exact) mass is 488 g/mol. The normalized spacial score (nSPS) is 11.3. The van der Waals surface area contributed by atoms with Crippen molar-refractivity contribution in [3.05, 3.63) is 133 Å². The van der Waals surface area contributed by atoms with Crippen LogP contribution in [-0.4, -0.2) is 19.5 Å². The van der Waals surface area contributed by atoms with Crippen LogP contribution in [0.5, 0.6) is 0 Å². The van der Waals surface area contributed by atoms with Crippen LogP contribution >= 0.6 is 0 Å². The first-order valence-corrected chi connectivity index (χ1v) is 12.7. The van der Waals surface area contributed by atoms with Crippen molar-refractivity contribution in [2.75, 3.05) is 0 Å². The maximum atomic E-state index is 4.96. The van der Waals surface area contributed by atoms with Crippen LogP contribution in [0, 0.1) is 6.92 Å². The van der Waals surface area contributed by atoms with Gasteiger partial charge < -0.3 is 4.57 Å². The standard InChI is InChI=1S/C34H24N4/c1-23-20-26(22-27(21-23)38-30-18-10-8-16-28(30)29-17-9-11-19-31(29)38)34-36-32(24-12-4-2-5-13-24)35-33(37-34)25-14-6-3-7-15-25/h2-22H,1H3. The number of rotatable bonds is 4. The maximum Gasteiger partial charge on any atom is 0.164 e. The summed E-state index contributed by atoms with van der Waals surface area (Å²) in [4.78, 5) is 14.8. The minimum absolute atomic E-state index is 0.656. The molecular formula is C34H24N4. The zero-order valence-corrected chi connectivity index (χ0v) is 20.9. The molecule has 0 amide bonds. The van der Waals surface area contributed by atoms with Crippen LogP contribution in [0.2, 0.25) is 0 Å². The molecule has 0 saturated heterocycles. The predicted molar refractivity (Wildman–Crippen MR) is 155 cm³/mol. The van der Waals surface area contributed by atoms with Crippen LogP contribution in [0.3, 0.4) is 0 Å². The summed E-state index contributed by atoms with van der Waals surface area (Å²) in [5, 5.41) is 2.48. The highest BCUT2D eigenvalue weighted by Gasteiger charge is 2.16. The summed E-state index contributed by atoms with van der Waals surface area (Å²) in [6.45, 7) is 2.12. The molecule has 4 nitrogen and oxygen atoms in total. The van der Waals surface area contributed by atoms with E-state index in [9.17, 15) is 0 Å². The Morgan fingerprint density at radius 3 is 1.42 bits per heavy atom.